The predicted octanol–water partition coefficient (Wildman–Crippen LogP) is 2.71. The molecule has 0 saturated carbocycles. The topological polar surface area (TPSA) is 62.7 Å². The SMILES string of the molecule is CCOc1ccc(NCC(=O)N/N=C\c2cccs2)cc1. The predicted molar refractivity (Wildman–Crippen MR) is 86.2 cm³/mol. The lowest BCUT2D eigenvalue weighted by Crippen LogP contribution is -2.25. The molecule has 21 heavy (non-hydrogen) atoms. The number of nitrogens with one attached hydrogen (secondary N) is 2. The van der Waals surface area contributed by atoms with E-state index in [1.54, 1.807) is 17.6 Å². The Morgan fingerprint density at radius 1 is 1.33 bits per heavy atom. The minimum absolute atomic E-state index is 0.162. The van der Waals surface area contributed by atoms with Crippen LogP contribution in [0.5, 0.6) is 5.75 Å². The van der Waals surface area contributed by atoms with Crippen molar-refractivity contribution >= 4 is 29.1 Å². The highest BCUT2D eigenvalue weighted by Crippen LogP contribution is 2.15. The van der Waals surface area contributed by atoms with E-state index in [4.69, 9.17) is 4.74 Å². The van der Waals surface area contributed by atoms with Crippen LogP contribution in [0.4, 0.5) is 5.69 Å². The molecule has 2 N–H and O–H groups in total. The third-order valence-electron chi connectivity index (χ3n) is 2.54. The summed E-state index contributed by atoms with van der Waals surface area (Å²) < 4.78 is 5.35. The summed E-state index contributed by atoms with van der Waals surface area (Å²) in [6.45, 7) is 2.74. The Hall–Kier alpha value is -2.34. The molecule has 1 aromatic carbocycles. The van der Waals surface area contributed by atoms with Crippen LogP contribution in [0.1, 0.15) is 11.8 Å². The maximum atomic E-state index is 11.6. The Morgan fingerprint density at radius 3 is 2.81 bits per heavy atom. The van der Waals surface area contributed by atoms with Gasteiger partial charge in [-0.2, -0.15) is 5.10 Å². The van der Waals surface area contributed by atoms with Crippen LogP contribution in [-0.2, 0) is 4.79 Å². The van der Waals surface area contributed by atoms with E-state index in [2.05, 4.69) is 15.8 Å². The molecule has 1 heterocycles. The molecule has 6 heteroatoms. The number of rotatable bonds is 7. The fourth-order valence-corrected chi connectivity index (χ4v) is 2.18. The van der Waals surface area contributed by atoms with Crippen LogP contribution >= 0.6 is 11.3 Å². The summed E-state index contributed by atoms with van der Waals surface area (Å²) in [5.74, 6) is 0.616. The summed E-state index contributed by atoms with van der Waals surface area (Å²) in [5.41, 5.74) is 3.33. The molecule has 0 spiro atoms. The number of carbonyl (C=O) groups excluding carboxylic acids is 1. The number of amides is 1. The average Bonchev–Trinajstić information content (AvgIpc) is 3.00. The molecule has 0 saturated heterocycles. The molecule has 0 aliphatic heterocycles. The molecule has 0 aliphatic carbocycles. The minimum atomic E-state index is -0.198. The van der Waals surface area contributed by atoms with Gasteiger partial charge in [0.05, 0.1) is 19.4 Å². The molecule has 1 aromatic heterocycles. The Balaban J connectivity index is 1.73. The van der Waals surface area contributed by atoms with E-state index < -0.39 is 0 Å². The van der Waals surface area contributed by atoms with Crippen LogP contribution in [0.25, 0.3) is 0 Å². The smallest absolute Gasteiger partial charge is 0.259 e. The van der Waals surface area contributed by atoms with Gasteiger partial charge in [0, 0.05) is 10.6 Å². The lowest BCUT2D eigenvalue weighted by molar-refractivity contribution is -0.119. The molecule has 0 aliphatic rings. The first-order chi connectivity index (χ1) is 10.3. The van der Waals surface area contributed by atoms with Gasteiger partial charge in [-0.05, 0) is 42.6 Å². The fourth-order valence-electron chi connectivity index (χ4n) is 1.59. The quantitative estimate of drug-likeness (QED) is 0.610. The first kappa shape index (κ1) is 15.1. The third-order valence-corrected chi connectivity index (χ3v) is 3.35. The molecule has 1 amide bonds. The molecule has 110 valence electrons. The number of hydrogen-bond donors (Lipinski definition) is 2. The van der Waals surface area contributed by atoms with E-state index in [1.807, 2.05) is 48.7 Å². The number of hydrogen-bond acceptors (Lipinski definition) is 5. The summed E-state index contributed by atoms with van der Waals surface area (Å²) in [6, 6.07) is 11.3. The van der Waals surface area contributed by atoms with Crippen molar-refractivity contribution in [1.29, 1.82) is 0 Å². The number of hydrazone groups is 1. The van der Waals surface area contributed by atoms with Gasteiger partial charge in [-0.15, -0.1) is 11.3 Å². The van der Waals surface area contributed by atoms with Crippen LogP contribution < -0.4 is 15.5 Å². The summed E-state index contributed by atoms with van der Waals surface area (Å²) in [5, 5.41) is 8.86. The van der Waals surface area contributed by atoms with Gasteiger partial charge in [0.2, 0.25) is 0 Å². The molecule has 0 fully saturated rings. The highest BCUT2D eigenvalue weighted by Gasteiger charge is 2.00. The number of benzene rings is 1. The molecule has 0 radical (unpaired) electrons. The van der Waals surface area contributed by atoms with Crippen molar-refractivity contribution in [3.63, 3.8) is 0 Å². The zero-order chi connectivity index (χ0) is 14.9. The first-order valence-electron chi connectivity index (χ1n) is 6.60. The van der Waals surface area contributed by atoms with Crippen molar-refractivity contribution in [2.24, 2.45) is 5.10 Å². The maximum Gasteiger partial charge on any atom is 0.259 e. The van der Waals surface area contributed by atoms with E-state index in [1.165, 1.54) is 0 Å². The van der Waals surface area contributed by atoms with Crippen LogP contribution in [0.3, 0.4) is 0 Å². The van der Waals surface area contributed by atoms with Crippen molar-refractivity contribution in [2.75, 3.05) is 18.5 Å². The monoisotopic (exact) mass is 303 g/mol. The van der Waals surface area contributed by atoms with Crippen molar-refractivity contribution in [2.45, 2.75) is 6.92 Å². The van der Waals surface area contributed by atoms with Gasteiger partial charge in [0.1, 0.15) is 5.75 Å². The lowest BCUT2D eigenvalue weighted by Gasteiger charge is -2.07. The Morgan fingerprint density at radius 2 is 2.14 bits per heavy atom. The van der Waals surface area contributed by atoms with E-state index in [-0.39, 0.29) is 12.5 Å². The second kappa shape index (κ2) is 8.06. The minimum Gasteiger partial charge on any atom is -0.494 e. The fraction of sp³-hybridized carbons (Fsp3) is 0.200. The Bertz CT molecular complexity index is 579. The average molecular weight is 303 g/mol. The molecule has 2 rings (SSSR count). The number of carbonyl (C=O) groups is 1. The van der Waals surface area contributed by atoms with Gasteiger partial charge in [-0.3, -0.25) is 4.79 Å². The number of thiophene rings is 1. The van der Waals surface area contributed by atoms with E-state index in [9.17, 15) is 4.79 Å². The highest BCUT2D eigenvalue weighted by atomic mass is 32.1. The highest BCUT2D eigenvalue weighted by molar-refractivity contribution is 7.11. The largest absolute Gasteiger partial charge is 0.494 e. The van der Waals surface area contributed by atoms with Gasteiger partial charge in [-0.25, -0.2) is 5.43 Å². The number of nitrogens with zero attached hydrogens (tertiary/aromatic N) is 1. The normalized spacial score (nSPS) is 10.5. The summed E-state index contributed by atoms with van der Waals surface area (Å²) in [7, 11) is 0. The zero-order valence-electron chi connectivity index (χ0n) is 11.7. The van der Waals surface area contributed by atoms with Crippen LogP contribution in [0.2, 0.25) is 0 Å². The molecule has 0 unspecified atom stereocenters. The van der Waals surface area contributed by atoms with Crippen LogP contribution in [0, 0.1) is 0 Å². The second-order valence-electron chi connectivity index (χ2n) is 4.12. The van der Waals surface area contributed by atoms with E-state index >= 15 is 0 Å². The first-order valence-corrected chi connectivity index (χ1v) is 7.48. The zero-order valence-corrected chi connectivity index (χ0v) is 12.5. The maximum absolute atomic E-state index is 11.6. The van der Waals surface area contributed by atoms with Crippen LogP contribution in [-0.4, -0.2) is 25.3 Å². The van der Waals surface area contributed by atoms with Crippen molar-refractivity contribution < 1.29 is 9.53 Å². The molecule has 5 nitrogen and oxygen atoms in total. The van der Waals surface area contributed by atoms with Gasteiger partial charge >= 0.3 is 0 Å². The summed E-state index contributed by atoms with van der Waals surface area (Å²) in [4.78, 5) is 12.6. The molecule has 0 bridgehead atoms. The second-order valence-corrected chi connectivity index (χ2v) is 5.10. The molecule has 0 atom stereocenters. The standard InChI is InChI=1S/C15H17N3O2S/c1-2-20-13-7-5-12(6-8-13)16-11-15(19)18-17-10-14-4-3-9-21-14/h3-10,16H,2,11H2,1H3,(H,18,19)/b17-10-. The van der Waals surface area contributed by atoms with Gasteiger partial charge in [-0.1, -0.05) is 6.07 Å². The Labute approximate surface area is 127 Å². The van der Waals surface area contributed by atoms with Gasteiger partial charge < -0.3 is 10.1 Å². The van der Waals surface area contributed by atoms with Crippen molar-refractivity contribution in [1.82, 2.24) is 5.43 Å². The van der Waals surface area contributed by atoms with E-state index in [0.717, 1.165) is 16.3 Å². The van der Waals surface area contributed by atoms with Crippen LogP contribution in [0.15, 0.2) is 46.9 Å². The number of ether oxygens (including phenoxy) is 1. The van der Waals surface area contributed by atoms with Crippen molar-refractivity contribution in [3.8, 4) is 5.75 Å². The summed E-state index contributed by atoms with van der Waals surface area (Å²) >= 11 is 1.56. The Kier molecular flexibility index (Phi) is 5.78. The third kappa shape index (κ3) is 5.27. The van der Waals surface area contributed by atoms with E-state index in [0.29, 0.717) is 6.61 Å². The van der Waals surface area contributed by atoms with Gasteiger partial charge in [0.25, 0.3) is 5.91 Å². The van der Waals surface area contributed by atoms with Crippen molar-refractivity contribution in [3.05, 3.63) is 46.7 Å². The van der Waals surface area contributed by atoms with Gasteiger partial charge in [0.15, 0.2) is 0 Å². The molecular weight excluding hydrogens is 286 g/mol. The number of anilines is 1. The molecular formula is C15H17N3O2S. The lowest BCUT2D eigenvalue weighted by atomic mass is 10.3. The molecule has 2 aromatic rings. The summed E-state index contributed by atoms with van der Waals surface area (Å²) in [6.07, 6.45) is 1.62.